The van der Waals surface area contributed by atoms with Gasteiger partial charge in [-0.2, -0.15) is 5.26 Å². The fourth-order valence-corrected chi connectivity index (χ4v) is 3.24. The molecule has 5 nitrogen and oxygen atoms in total. The number of likely N-dealkylation sites (N-methyl/N-ethyl adjacent to an activating group) is 1. The molecule has 2 amide bonds. The van der Waals surface area contributed by atoms with Gasteiger partial charge in [-0.15, -0.1) is 0 Å². The Balaban J connectivity index is 1.66. The van der Waals surface area contributed by atoms with Gasteiger partial charge in [-0.25, -0.2) is 0 Å². The molecule has 26 heavy (non-hydrogen) atoms. The summed E-state index contributed by atoms with van der Waals surface area (Å²) in [6.45, 7) is 2.52. The molecule has 0 unspecified atom stereocenters. The van der Waals surface area contributed by atoms with Crippen LogP contribution in [-0.2, 0) is 15.0 Å². The fourth-order valence-electron chi connectivity index (χ4n) is 3.24. The molecule has 0 atom stereocenters. The molecule has 0 heterocycles. The molecule has 1 fully saturated rings. The topological polar surface area (TPSA) is 73.2 Å². The van der Waals surface area contributed by atoms with Crippen molar-refractivity contribution >= 4 is 17.5 Å². The van der Waals surface area contributed by atoms with Crippen LogP contribution in [0.1, 0.15) is 29.5 Å². The average Bonchev–Trinajstić information content (AvgIpc) is 3.46. The molecule has 1 aliphatic carbocycles. The van der Waals surface area contributed by atoms with Gasteiger partial charge in [-0.1, -0.05) is 30.3 Å². The molecule has 0 radical (unpaired) electrons. The predicted octanol–water partition coefficient (Wildman–Crippen LogP) is 2.68. The standard InChI is InChI=1S/C21H21N3O2/c1-15-6-3-4-9-18(15)21(10-11-21)14-23-19(25)20(26)24(2)17-8-5-7-16(12-17)13-22/h3-9,12H,10-11,14H2,1-2H3,(H,23,25). The van der Waals surface area contributed by atoms with Crippen LogP contribution in [0.25, 0.3) is 0 Å². The predicted molar refractivity (Wildman–Crippen MR) is 99.7 cm³/mol. The third kappa shape index (κ3) is 3.45. The molecule has 5 heteroatoms. The minimum atomic E-state index is -0.638. The SMILES string of the molecule is Cc1ccccc1C1(CNC(=O)C(=O)N(C)c2cccc(C#N)c2)CC1. The minimum Gasteiger partial charge on any atom is -0.347 e. The van der Waals surface area contributed by atoms with Crippen LogP contribution in [0.5, 0.6) is 0 Å². The van der Waals surface area contributed by atoms with Crippen molar-refractivity contribution in [2.75, 3.05) is 18.5 Å². The summed E-state index contributed by atoms with van der Waals surface area (Å²) in [6, 6.07) is 16.8. The van der Waals surface area contributed by atoms with Crippen molar-refractivity contribution in [1.82, 2.24) is 5.32 Å². The Kier molecular flexibility index (Phi) is 4.77. The molecule has 1 aliphatic rings. The van der Waals surface area contributed by atoms with Gasteiger partial charge in [0.05, 0.1) is 11.6 Å². The number of nitriles is 1. The average molecular weight is 347 g/mol. The lowest BCUT2D eigenvalue weighted by Crippen LogP contribution is -2.43. The maximum atomic E-state index is 12.4. The van der Waals surface area contributed by atoms with Gasteiger partial charge in [0, 0.05) is 24.7 Å². The Bertz CT molecular complexity index is 894. The molecule has 3 rings (SSSR count). The molecule has 0 aromatic heterocycles. The Labute approximate surface area is 153 Å². The molecule has 2 aromatic rings. The lowest BCUT2D eigenvalue weighted by molar-refractivity contribution is -0.137. The summed E-state index contributed by atoms with van der Waals surface area (Å²) in [5, 5.41) is 11.8. The smallest absolute Gasteiger partial charge is 0.316 e. The second kappa shape index (κ2) is 7.01. The molecule has 1 saturated carbocycles. The van der Waals surface area contributed by atoms with Crippen molar-refractivity contribution in [3.05, 3.63) is 65.2 Å². The number of anilines is 1. The molecule has 0 saturated heterocycles. The number of amides is 2. The van der Waals surface area contributed by atoms with Crippen molar-refractivity contribution in [2.24, 2.45) is 0 Å². The molecular formula is C21H21N3O2. The van der Waals surface area contributed by atoms with Crippen LogP contribution in [0.4, 0.5) is 5.69 Å². The summed E-state index contributed by atoms with van der Waals surface area (Å²) in [7, 11) is 1.53. The first kappa shape index (κ1) is 17.7. The zero-order chi connectivity index (χ0) is 18.7. The van der Waals surface area contributed by atoms with Gasteiger partial charge in [0.1, 0.15) is 0 Å². The van der Waals surface area contributed by atoms with Crippen LogP contribution in [0.3, 0.4) is 0 Å². The van der Waals surface area contributed by atoms with Crippen molar-refractivity contribution < 1.29 is 9.59 Å². The number of rotatable bonds is 4. The summed E-state index contributed by atoms with van der Waals surface area (Å²) in [4.78, 5) is 26.0. The monoisotopic (exact) mass is 347 g/mol. The van der Waals surface area contributed by atoms with E-state index in [1.807, 2.05) is 18.2 Å². The molecule has 0 aliphatic heterocycles. The van der Waals surface area contributed by atoms with Gasteiger partial charge >= 0.3 is 11.8 Å². The number of hydrogen-bond donors (Lipinski definition) is 1. The zero-order valence-electron chi connectivity index (χ0n) is 15.0. The van der Waals surface area contributed by atoms with Crippen LogP contribution in [0.2, 0.25) is 0 Å². The first-order chi connectivity index (χ1) is 12.5. The Morgan fingerprint density at radius 1 is 1.19 bits per heavy atom. The quantitative estimate of drug-likeness (QED) is 0.864. The number of nitrogens with one attached hydrogen (secondary N) is 1. The van der Waals surface area contributed by atoms with Gasteiger partial charge < -0.3 is 10.2 Å². The summed E-state index contributed by atoms with van der Waals surface area (Å²) in [5.74, 6) is -1.27. The third-order valence-corrected chi connectivity index (χ3v) is 5.02. The summed E-state index contributed by atoms with van der Waals surface area (Å²) < 4.78 is 0. The van der Waals surface area contributed by atoms with E-state index >= 15 is 0 Å². The molecule has 0 bridgehead atoms. The highest BCUT2D eigenvalue weighted by Gasteiger charge is 2.45. The molecule has 2 aromatic carbocycles. The van der Waals surface area contributed by atoms with Crippen LogP contribution < -0.4 is 10.2 Å². The van der Waals surface area contributed by atoms with E-state index in [-0.39, 0.29) is 5.41 Å². The van der Waals surface area contributed by atoms with E-state index in [0.29, 0.717) is 17.8 Å². The second-order valence-electron chi connectivity index (χ2n) is 6.80. The van der Waals surface area contributed by atoms with Gasteiger partial charge in [0.25, 0.3) is 0 Å². The number of nitrogens with zero attached hydrogens (tertiary/aromatic N) is 2. The van der Waals surface area contributed by atoms with Gasteiger partial charge in [0.15, 0.2) is 0 Å². The van der Waals surface area contributed by atoms with Gasteiger partial charge in [-0.05, 0) is 49.1 Å². The fraction of sp³-hybridized carbons (Fsp3) is 0.286. The molecular weight excluding hydrogens is 326 g/mol. The highest BCUT2D eigenvalue weighted by molar-refractivity contribution is 6.40. The highest BCUT2D eigenvalue weighted by Crippen LogP contribution is 2.48. The van der Waals surface area contributed by atoms with Gasteiger partial charge in [-0.3, -0.25) is 9.59 Å². The van der Waals surface area contributed by atoms with Gasteiger partial charge in [0.2, 0.25) is 0 Å². The lowest BCUT2D eigenvalue weighted by atomic mass is 9.92. The normalized spacial score (nSPS) is 14.2. The van der Waals surface area contributed by atoms with Crippen LogP contribution >= 0.6 is 0 Å². The first-order valence-corrected chi connectivity index (χ1v) is 8.59. The molecule has 132 valence electrons. The van der Waals surface area contributed by atoms with Crippen molar-refractivity contribution in [1.29, 1.82) is 5.26 Å². The van der Waals surface area contributed by atoms with E-state index in [1.54, 1.807) is 24.3 Å². The van der Waals surface area contributed by atoms with E-state index in [2.05, 4.69) is 24.4 Å². The largest absolute Gasteiger partial charge is 0.347 e. The van der Waals surface area contributed by atoms with E-state index in [0.717, 1.165) is 12.8 Å². The summed E-state index contributed by atoms with van der Waals surface area (Å²) in [6.07, 6.45) is 2.01. The number of hydrogen-bond acceptors (Lipinski definition) is 3. The number of aryl methyl sites for hydroxylation is 1. The highest BCUT2D eigenvalue weighted by atomic mass is 16.2. The van der Waals surface area contributed by atoms with Crippen LogP contribution in [-0.4, -0.2) is 25.4 Å². The number of benzene rings is 2. The number of carbonyl (C=O) groups is 2. The summed E-state index contributed by atoms with van der Waals surface area (Å²) in [5.41, 5.74) is 3.35. The minimum absolute atomic E-state index is 0.0550. The summed E-state index contributed by atoms with van der Waals surface area (Å²) >= 11 is 0. The van der Waals surface area contributed by atoms with Crippen molar-refractivity contribution in [3.63, 3.8) is 0 Å². The maximum absolute atomic E-state index is 12.4. The first-order valence-electron chi connectivity index (χ1n) is 8.59. The van der Waals surface area contributed by atoms with E-state index < -0.39 is 11.8 Å². The Hall–Kier alpha value is -3.13. The molecule has 0 spiro atoms. The number of carbonyl (C=O) groups excluding carboxylic acids is 2. The van der Waals surface area contributed by atoms with E-state index in [1.165, 1.54) is 23.1 Å². The molecule has 1 N–H and O–H groups in total. The van der Waals surface area contributed by atoms with E-state index in [4.69, 9.17) is 5.26 Å². The Morgan fingerprint density at radius 2 is 1.92 bits per heavy atom. The lowest BCUT2D eigenvalue weighted by Gasteiger charge is -2.21. The third-order valence-electron chi connectivity index (χ3n) is 5.02. The second-order valence-corrected chi connectivity index (χ2v) is 6.80. The van der Waals surface area contributed by atoms with Crippen molar-refractivity contribution in [2.45, 2.75) is 25.2 Å². The van der Waals surface area contributed by atoms with Crippen LogP contribution in [0, 0.1) is 18.3 Å². The maximum Gasteiger partial charge on any atom is 0.316 e. The van der Waals surface area contributed by atoms with Crippen LogP contribution in [0.15, 0.2) is 48.5 Å². The zero-order valence-corrected chi connectivity index (χ0v) is 15.0. The van der Waals surface area contributed by atoms with Crippen molar-refractivity contribution in [3.8, 4) is 6.07 Å². The Morgan fingerprint density at radius 3 is 2.58 bits per heavy atom. The van der Waals surface area contributed by atoms with E-state index in [9.17, 15) is 9.59 Å².